The van der Waals surface area contributed by atoms with Gasteiger partial charge in [-0.1, -0.05) is 32.4 Å². The Kier molecular flexibility index (Phi) is 19.3. The first-order valence-corrected chi connectivity index (χ1v) is 24.7. The lowest BCUT2D eigenvalue weighted by Gasteiger charge is -2.49. The number of fused-ring (bicyclic) bond motifs is 1. The molecule has 0 spiro atoms. The van der Waals surface area contributed by atoms with Crippen LogP contribution in [0.15, 0.2) is 30.5 Å². The Labute approximate surface area is 404 Å². The number of aliphatic hydroxyl groups is 4. The Balaban J connectivity index is 1.51. The number of nitrogens with one attached hydrogen (secondary N) is 1. The molecular formula is C50H83ClN4O12. The molecule has 0 bridgehead atoms. The number of ether oxygens (including phenoxy) is 7. The molecule has 18 unspecified atom stereocenters. The van der Waals surface area contributed by atoms with Gasteiger partial charge in [0.15, 0.2) is 12.6 Å². The third-order valence-corrected chi connectivity index (χ3v) is 15.1. The van der Waals surface area contributed by atoms with Crippen LogP contribution >= 0.6 is 11.6 Å². The van der Waals surface area contributed by atoms with Crippen LogP contribution in [0.1, 0.15) is 101 Å². The number of rotatable bonds is 13. The molecule has 17 heteroatoms. The fourth-order valence-electron chi connectivity index (χ4n) is 10.7. The van der Waals surface area contributed by atoms with Crippen molar-refractivity contribution in [1.82, 2.24) is 14.8 Å². The van der Waals surface area contributed by atoms with Gasteiger partial charge in [-0.05, 0) is 125 Å². The summed E-state index contributed by atoms with van der Waals surface area (Å²) in [5.74, 6) is -2.59. The van der Waals surface area contributed by atoms with Gasteiger partial charge in [-0.2, -0.15) is 0 Å². The van der Waals surface area contributed by atoms with Crippen LogP contribution in [-0.2, 0) is 38.0 Å². The Morgan fingerprint density at radius 2 is 1.69 bits per heavy atom. The summed E-state index contributed by atoms with van der Waals surface area (Å²) in [5.41, 5.74) is -2.67. The SMILES string of the molecule is CCC1OC(=O)C(C)C(OC2CC(C)(OC)C(O)C(C)O2)C(C)C(OC2OC(C)CC(N(C)C)C2OCCCNc2ccnc3cc(Cl)ccc23)C(C)(O)CC(C)CN(C)C(C)C(O)C1(C)O. The lowest BCUT2D eigenvalue weighted by atomic mass is 9.77. The van der Waals surface area contributed by atoms with Crippen LogP contribution in [0.5, 0.6) is 0 Å². The van der Waals surface area contributed by atoms with Crippen LogP contribution in [0.4, 0.5) is 5.69 Å². The summed E-state index contributed by atoms with van der Waals surface area (Å²) in [6.45, 7) is 19.4. The predicted molar refractivity (Wildman–Crippen MR) is 258 cm³/mol. The number of aromatic nitrogens is 1. The Bertz CT molecular complexity index is 1900. The van der Waals surface area contributed by atoms with Gasteiger partial charge in [-0.25, -0.2) is 0 Å². The monoisotopic (exact) mass is 967 g/mol. The highest BCUT2D eigenvalue weighted by atomic mass is 35.5. The maximum atomic E-state index is 14.5. The van der Waals surface area contributed by atoms with Crippen molar-refractivity contribution in [2.75, 3.05) is 53.3 Å². The number of methoxy groups -OCH3 is 1. The number of nitrogens with zero attached hydrogens (tertiary/aromatic N) is 3. The fourth-order valence-corrected chi connectivity index (χ4v) is 10.9. The van der Waals surface area contributed by atoms with Crippen LogP contribution in [-0.4, -0.2) is 179 Å². The summed E-state index contributed by atoms with van der Waals surface area (Å²) in [4.78, 5) is 23.1. The molecule has 382 valence electrons. The fraction of sp³-hybridized carbons (Fsp3) is 0.800. The molecule has 5 N–H and O–H groups in total. The van der Waals surface area contributed by atoms with Crippen molar-refractivity contribution >= 4 is 34.2 Å². The second kappa shape index (κ2) is 23.3. The molecule has 1 aromatic carbocycles. The minimum Gasteiger partial charge on any atom is -0.459 e. The Morgan fingerprint density at radius 3 is 2.34 bits per heavy atom. The molecule has 3 aliphatic heterocycles. The van der Waals surface area contributed by atoms with E-state index in [1.807, 2.05) is 78.0 Å². The molecule has 18 atom stereocenters. The van der Waals surface area contributed by atoms with Crippen molar-refractivity contribution in [3.63, 3.8) is 0 Å². The van der Waals surface area contributed by atoms with Gasteiger partial charge in [-0.15, -0.1) is 0 Å². The van der Waals surface area contributed by atoms with E-state index in [0.29, 0.717) is 37.6 Å². The normalized spacial score (nSPS) is 41.1. The van der Waals surface area contributed by atoms with E-state index in [1.165, 1.54) is 14.0 Å². The first-order chi connectivity index (χ1) is 31.3. The molecule has 4 heterocycles. The van der Waals surface area contributed by atoms with Crippen LogP contribution in [0, 0.1) is 17.8 Å². The average molecular weight is 968 g/mol. The number of pyridine rings is 1. The number of hydrogen-bond donors (Lipinski definition) is 5. The summed E-state index contributed by atoms with van der Waals surface area (Å²) >= 11 is 6.24. The molecule has 3 saturated heterocycles. The maximum absolute atomic E-state index is 14.5. The number of aliphatic hydroxyl groups excluding tert-OH is 2. The molecule has 0 radical (unpaired) electrons. The standard InChI is InChI=1S/C50H83ClN4O12/c1-15-39-50(10,60)43(56)32(6)55(13)27-28(2)25-48(8,59)45(30(4)41(31(5)46(58)65-39)66-40-26-49(9,61-14)44(57)33(7)64-40)67-47-42(38(54(11)12)23-29(3)63-47)62-22-16-20-52-36-19-21-53-37-24-34(51)17-18-35(36)37/h17-19,21,24,28-33,38-45,47,56-57,59-60H,15-16,20,22-23,25-27H2,1-14H3,(H,52,53). The Morgan fingerprint density at radius 1 is 0.985 bits per heavy atom. The lowest BCUT2D eigenvalue weighted by Crippen LogP contribution is -2.61. The minimum absolute atomic E-state index is 0.117. The third-order valence-electron chi connectivity index (χ3n) is 14.8. The number of halogens is 1. The minimum atomic E-state index is -1.82. The molecule has 5 rings (SSSR count). The molecule has 3 fully saturated rings. The van der Waals surface area contributed by atoms with E-state index in [0.717, 1.165) is 16.6 Å². The van der Waals surface area contributed by atoms with E-state index < -0.39 is 96.0 Å². The second-order valence-corrected chi connectivity index (χ2v) is 21.2. The van der Waals surface area contributed by atoms with E-state index >= 15 is 0 Å². The summed E-state index contributed by atoms with van der Waals surface area (Å²) < 4.78 is 45.8. The third kappa shape index (κ3) is 13.2. The number of carbonyl (C=O) groups excluding carboxylic acids is 1. The first-order valence-electron chi connectivity index (χ1n) is 24.3. The van der Waals surface area contributed by atoms with Crippen LogP contribution in [0.3, 0.4) is 0 Å². The van der Waals surface area contributed by atoms with Gasteiger partial charge in [0.1, 0.15) is 30.0 Å². The number of carbonyl (C=O) groups is 1. The van der Waals surface area contributed by atoms with Crippen molar-refractivity contribution in [2.45, 2.75) is 192 Å². The van der Waals surface area contributed by atoms with E-state index in [1.54, 1.807) is 40.8 Å². The quantitative estimate of drug-likeness (QED) is 0.122. The van der Waals surface area contributed by atoms with E-state index in [2.05, 4.69) is 15.2 Å². The zero-order chi connectivity index (χ0) is 49.8. The van der Waals surface area contributed by atoms with Crippen LogP contribution in [0.25, 0.3) is 10.9 Å². The summed E-state index contributed by atoms with van der Waals surface area (Å²) in [6.07, 6.45) is -5.10. The van der Waals surface area contributed by atoms with Crippen molar-refractivity contribution in [1.29, 1.82) is 0 Å². The van der Waals surface area contributed by atoms with Crippen molar-refractivity contribution in [3.8, 4) is 0 Å². The zero-order valence-corrected chi connectivity index (χ0v) is 43.2. The highest BCUT2D eigenvalue weighted by Gasteiger charge is 2.53. The van der Waals surface area contributed by atoms with Crippen LogP contribution in [0.2, 0.25) is 5.02 Å². The predicted octanol–water partition coefficient (Wildman–Crippen LogP) is 5.63. The zero-order valence-electron chi connectivity index (χ0n) is 42.5. The lowest BCUT2D eigenvalue weighted by molar-refractivity contribution is -0.321. The summed E-state index contributed by atoms with van der Waals surface area (Å²) in [6, 6.07) is 6.91. The van der Waals surface area contributed by atoms with Gasteiger partial charge >= 0.3 is 5.97 Å². The molecule has 67 heavy (non-hydrogen) atoms. The van der Waals surface area contributed by atoms with Crippen LogP contribution < -0.4 is 5.32 Å². The van der Waals surface area contributed by atoms with Gasteiger partial charge in [-0.3, -0.25) is 9.78 Å². The number of anilines is 1. The van der Waals surface area contributed by atoms with Gasteiger partial charge in [0.2, 0.25) is 0 Å². The topological polar surface area (TPSA) is 194 Å². The van der Waals surface area contributed by atoms with E-state index in [9.17, 15) is 25.2 Å². The van der Waals surface area contributed by atoms with Gasteiger partial charge in [0, 0.05) is 73.5 Å². The maximum Gasteiger partial charge on any atom is 0.311 e. The number of benzene rings is 1. The molecule has 16 nitrogen and oxygen atoms in total. The highest BCUT2D eigenvalue weighted by Crippen LogP contribution is 2.41. The molecule has 3 aliphatic rings. The summed E-state index contributed by atoms with van der Waals surface area (Å²) in [5, 5.41) is 52.8. The Hall–Kier alpha value is -2.29. The molecule has 2 aromatic rings. The molecule has 0 saturated carbocycles. The second-order valence-electron chi connectivity index (χ2n) is 20.8. The van der Waals surface area contributed by atoms with E-state index in [-0.39, 0.29) is 37.3 Å². The molecule has 0 aliphatic carbocycles. The largest absolute Gasteiger partial charge is 0.459 e. The van der Waals surface area contributed by atoms with Gasteiger partial charge in [0.05, 0.1) is 47.1 Å². The highest BCUT2D eigenvalue weighted by molar-refractivity contribution is 6.31. The number of hydrogen-bond acceptors (Lipinski definition) is 16. The first kappa shape index (κ1) is 55.6. The number of cyclic esters (lactones) is 1. The average Bonchev–Trinajstić information content (AvgIpc) is 3.26. The molecular weight excluding hydrogens is 884 g/mol. The smallest absolute Gasteiger partial charge is 0.311 e. The van der Waals surface area contributed by atoms with E-state index in [4.69, 9.17) is 44.8 Å². The van der Waals surface area contributed by atoms with Gasteiger partial charge < -0.3 is 68.7 Å². The van der Waals surface area contributed by atoms with Gasteiger partial charge in [0.25, 0.3) is 0 Å². The van der Waals surface area contributed by atoms with Crippen molar-refractivity contribution < 1.29 is 58.4 Å². The van der Waals surface area contributed by atoms with Crippen molar-refractivity contribution in [3.05, 3.63) is 35.5 Å². The molecule has 0 amide bonds. The summed E-state index contributed by atoms with van der Waals surface area (Å²) in [7, 11) is 7.40. The van der Waals surface area contributed by atoms with Crippen molar-refractivity contribution in [2.24, 2.45) is 17.8 Å². The number of likely N-dealkylation sites (N-methyl/N-ethyl adjacent to an activating group) is 2. The molecule has 1 aromatic heterocycles. The number of esters is 1.